The SMILES string of the molecule is COC(=O)C(C)(CCN(C)C1CCS(=O)(=O)C1)NC1CC1. The van der Waals surface area contributed by atoms with Crippen molar-refractivity contribution in [1.29, 1.82) is 0 Å². The minimum atomic E-state index is -2.87. The van der Waals surface area contributed by atoms with E-state index in [1.807, 2.05) is 14.0 Å². The van der Waals surface area contributed by atoms with Gasteiger partial charge in [0.05, 0.1) is 18.6 Å². The van der Waals surface area contributed by atoms with Crippen LogP contribution in [0.5, 0.6) is 0 Å². The molecule has 0 amide bonds. The van der Waals surface area contributed by atoms with E-state index in [0.29, 0.717) is 25.4 Å². The fourth-order valence-corrected chi connectivity index (χ4v) is 4.65. The van der Waals surface area contributed by atoms with Crippen molar-refractivity contribution in [2.75, 3.05) is 32.2 Å². The van der Waals surface area contributed by atoms with Crippen LogP contribution in [-0.4, -0.2) is 69.1 Å². The van der Waals surface area contributed by atoms with Crippen LogP contribution in [0.3, 0.4) is 0 Å². The third-order valence-corrected chi connectivity index (χ3v) is 6.28. The van der Waals surface area contributed by atoms with Gasteiger partial charge in [-0.15, -0.1) is 0 Å². The second kappa shape index (κ2) is 6.22. The van der Waals surface area contributed by atoms with Gasteiger partial charge < -0.3 is 9.64 Å². The molecule has 0 radical (unpaired) electrons. The zero-order valence-corrected chi connectivity index (χ0v) is 13.9. The Labute approximate surface area is 127 Å². The monoisotopic (exact) mass is 318 g/mol. The van der Waals surface area contributed by atoms with E-state index >= 15 is 0 Å². The van der Waals surface area contributed by atoms with Crippen LogP contribution in [0.25, 0.3) is 0 Å². The van der Waals surface area contributed by atoms with E-state index in [4.69, 9.17) is 4.74 Å². The fraction of sp³-hybridized carbons (Fsp3) is 0.929. The molecule has 0 aromatic rings. The third-order valence-electron chi connectivity index (χ3n) is 4.53. The summed E-state index contributed by atoms with van der Waals surface area (Å²) in [4.78, 5) is 14.1. The number of nitrogens with one attached hydrogen (secondary N) is 1. The minimum absolute atomic E-state index is 0.0674. The normalized spacial score (nSPS) is 27.5. The van der Waals surface area contributed by atoms with Gasteiger partial charge in [0.25, 0.3) is 0 Å². The number of nitrogens with zero attached hydrogens (tertiary/aromatic N) is 1. The first-order valence-corrected chi connectivity index (χ1v) is 9.35. The largest absolute Gasteiger partial charge is 0.468 e. The number of carbonyl (C=O) groups is 1. The highest BCUT2D eigenvalue weighted by Gasteiger charge is 2.40. The number of hydrogen-bond donors (Lipinski definition) is 1. The molecule has 1 aliphatic heterocycles. The van der Waals surface area contributed by atoms with Crippen LogP contribution in [0.1, 0.15) is 32.6 Å². The van der Waals surface area contributed by atoms with Crippen LogP contribution in [0, 0.1) is 0 Å². The maximum absolute atomic E-state index is 12.0. The highest BCUT2D eigenvalue weighted by Crippen LogP contribution is 2.25. The first kappa shape index (κ1) is 16.7. The Morgan fingerprint density at radius 3 is 2.52 bits per heavy atom. The van der Waals surface area contributed by atoms with Crippen molar-refractivity contribution in [3.63, 3.8) is 0 Å². The van der Waals surface area contributed by atoms with Gasteiger partial charge in [-0.3, -0.25) is 10.1 Å². The second-order valence-corrected chi connectivity index (χ2v) is 8.76. The zero-order valence-electron chi connectivity index (χ0n) is 13.1. The summed E-state index contributed by atoms with van der Waals surface area (Å²) in [6.07, 6.45) is 3.50. The topological polar surface area (TPSA) is 75.7 Å². The molecule has 122 valence electrons. The summed E-state index contributed by atoms with van der Waals surface area (Å²) in [6.45, 7) is 2.54. The van der Waals surface area contributed by atoms with Gasteiger partial charge in [-0.1, -0.05) is 0 Å². The number of hydrogen-bond acceptors (Lipinski definition) is 6. The number of esters is 1. The highest BCUT2D eigenvalue weighted by molar-refractivity contribution is 7.91. The van der Waals surface area contributed by atoms with E-state index in [2.05, 4.69) is 10.2 Å². The Bertz CT molecular complexity index is 489. The molecule has 7 heteroatoms. The molecule has 2 fully saturated rings. The molecular weight excluding hydrogens is 292 g/mol. The van der Waals surface area contributed by atoms with Crippen molar-refractivity contribution in [2.45, 2.75) is 50.2 Å². The Balaban J connectivity index is 1.90. The molecule has 1 aliphatic carbocycles. The molecule has 1 saturated heterocycles. The van der Waals surface area contributed by atoms with Crippen molar-refractivity contribution < 1.29 is 17.9 Å². The van der Waals surface area contributed by atoms with Crippen LogP contribution in [0.4, 0.5) is 0 Å². The number of sulfone groups is 1. The number of methoxy groups -OCH3 is 1. The summed E-state index contributed by atoms with van der Waals surface area (Å²) in [6, 6.07) is 0.476. The Kier molecular flexibility index (Phi) is 4.95. The van der Waals surface area contributed by atoms with Crippen LogP contribution < -0.4 is 5.32 Å². The number of rotatable bonds is 7. The molecule has 2 atom stereocenters. The summed E-state index contributed by atoms with van der Waals surface area (Å²) >= 11 is 0. The lowest BCUT2D eigenvalue weighted by Crippen LogP contribution is -2.53. The standard InChI is InChI=1S/C14H26N2O4S/c1-14(13(17)20-3,15-11-4-5-11)7-8-16(2)12-6-9-21(18,19)10-12/h11-12,15H,4-10H2,1-3H3. The third kappa shape index (κ3) is 4.40. The molecule has 1 heterocycles. The molecule has 1 saturated carbocycles. The second-order valence-electron chi connectivity index (χ2n) is 6.53. The molecular formula is C14H26N2O4S. The average molecular weight is 318 g/mol. The predicted molar refractivity (Wildman–Crippen MR) is 80.9 cm³/mol. The van der Waals surface area contributed by atoms with Crippen LogP contribution in [0.15, 0.2) is 0 Å². The molecule has 0 spiro atoms. The molecule has 0 aromatic carbocycles. The molecule has 2 aliphatic rings. The Hall–Kier alpha value is -0.660. The van der Waals surface area contributed by atoms with Gasteiger partial charge in [0, 0.05) is 18.6 Å². The lowest BCUT2D eigenvalue weighted by molar-refractivity contribution is -0.148. The van der Waals surface area contributed by atoms with Crippen molar-refractivity contribution in [1.82, 2.24) is 10.2 Å². The van der Waals surface area contributed by atoms with Crippen molar-refractivity contribution in [3.05, 3.63) is 0 Å². The first-order valence-electron chi connectivity index (χ1n) is 7.52. The van der Waals surface area contributed by atoms with Gasteiger partial charge in [-0.25, -0.2) is 8.42 Å². The molecule has 6 nitrogen and oxygen atoms in total. The maximum atomic E-state index is 12.0. The lowest BCUT2D eigenvalue weighted by Gasteiger charge is -2.31. The maximum Gasteiger partial charge on any atom is 0.325 e. The summed E-state index contributed by atoms with van der Waals surface area (Å²) in [5, 5.41) is 3.36. The molecule has 2 unspecified atom stereocenters. The zero-order chi connectivity index (χ0) is 15.7. The summed E-state index contributed by atoms with van der Waals surface area (Å²) in [7, 11) is 0.463. The lowest BCUT2D eigenvalue weighted by atomic mass is 9.97. The van der Waals surface area contributed by atoms with E-state index in [1.165, 1.54) is 7.11 Å². The molecule has 0 aromatic heterocycles. The number of carbonyl (C=O) groups excluding carboxylic acids is 1. The van der Waals surface area contributed by atoms with Gasteiger partial charge >= 0.3 is 5.97 Å². The van der Waals surface area contributed by atoms with Crippen LogP contribution in [0.2, 0.25) is 0 Å². The summed E-state index contributed by atoms with van der Waals surface area (Å²) in [5.41, 5.74) is -0.693. The van der Waals surface area contributed by atoms with Crippen molar-refractivity contribution >= 4 is 15.8 Å². The predicted octanol–water partition coefficient (Wildman–Crippen LogP) is 0.179. The van der Waals surface area contributed by atoms with E-state index in [0.717, 1.165) is 12.8 Å². The van der Waals surface area contributed by atoms with Crippen molar-refractivity contribution in [2.24, 2.45) is 0 Å². The van der Waals surface area contributed by atoms with Gasteiger partial charge in [-0.05, 0) is 39.7 Å². The molecule has 1 N–H and O–H groups in total. The van der Waals surface area contributed by atoms with Crippen molar-refractivity contribution in [3.8, 4) is 0 Å². The minimum Gasteiger partial charge on any atom is -0.468 e. The smallest absolute Gasteiger partial charge is 0.325 e. The fourth-order valence-electron chi connectivity index (χ4n) is 2.84. The average Bonchev–Trinajstić information content (AvgIpc) is 3.16. The number of ether oxygens (including phenoxy) is 1. The van der Waals surface area contributed by atoms with Gasteiger partial charge in [-0.2, -0.15) is 0 Å². The van der Waals surface area contributed by atoms with Gasteiger partial charge in [0.1, 0.15) is 5.54 Å². The van der Waals surface area contributed by atoms with Gasteiger partial charge in [0.2, 0.25) is 0 Å². The van der Waals surface area contributed by atoms with E-state index in [-0.39, 0.29) is 23.5 Å². The van der Waals surface area contributed by atoms with Crippen LogP contribution in [-0.2, 0) is 19.4 Å². The van der Waals surface area contributed by atoms with E-state index in [9.17, 15) is 13.2 Å². The van der Waals surface area contributed by atoms with Gasteiger partial charge in [0.15, 0.2) is 9.84 Å². The van der Waals surface area contributed by atoms with E-state index in [1.54, 1.807) is 0 Å². The summed E-state index contributed by atoms with van der Waals surface area (Å²) < 4.78 is 28.0. The first-order chi connectivity index (χ1) is 9.76. The molecule has 0 bridgehead atoms. The molecule has 2 rings (SSSR count). The van der Waals surface area contributed by atoms with Crippen LogP contribution >= 0.6 is 0 Å². The van der Waals surface area contributed by atoms with E-state index < -0.39 is 15.4 Å². The highest BCUT2D eigenvalue weighted by atomic mass is 32.2. The Morgan fingerprint density at radius 2 is 2.05 bits per heavy atom. The quantitative estimate of drug-likeness (QED) is 0.675. The summed E-state index contributed by atoms with van der Waals surface area (Å²) in [5.74, 6) is 0.257. The Morgan fingerprint density at radius 1 is 1.38 bits per heavy atom. The molecule has 21 heavy (non-hydrogen) atoms.